The molecule has 7 nitrogen and oxygen atoms in total. The maximum Gasteiger partial charge on any atom is 0.253 e. The Labute approximate surface area is 198 Å². The monoisotopic (exact) mass is 463 g/mol. The molecule has 33 heavy (non-hydrogen) atoms. The van der Waals surface area contributed by atoms with Gasteiger partial charge in [0.05, 0.1) is 17.2 Å². The van der Waals surface area contributed by atoms with Gasteiger partial charge in [0.2, 0.25) is 5.95 Å². The first-order valence-electron chi connectivity index (χ1n) is 11.6. The number of benzene rings is 1. The minimum absolute atomic E-state index is 0.0301. The number of nitrogens with one attached hydrogen (secondary N) is 1. The van der Waals surface area contributed by atoms with Gasteiger partial charge in [0, 0.05) is 41.5 Å². The van der Waals surface area contributed by atoms with Crippen LogP contribution in [0.15, 0.2) is 48.7 Å². The highest BCUT2D eigenvalue weighted by molar-refractivity contribution is 7.15. The lowest BCUT2D eigenvalue weighted by atomic mass is 10.0. The summed E-state index contributed by atoms with van der Waals surface area (Å²) in [5.41, 5.74) is 2.35. The van der Waals surface area contributed by atoms with Gasteiger partial charge in [-0.3, -0.25) is 4.79 Å². The van der Waals surface area contributed by atoms with Crippen LogP contribution < -0.4 is 5.32 Å². The van der Waals surface area contributed by atoms with Crippen molar-refractivity contribution >= 4 is 28.9 Å². The lowest BCUT2D eigenvalue weighted by Gasteiger charge is -2.36. The van der Waals surface area contributed by atoms with Crippen molar-refractivity contribution in [3.63, 3.8) is 0 Å². The second-order valence-electron chi connectivity index (χ2n) is 8.66. The number of aliphatic hydroxyl groups is 1. The topological polar surface area (TPSA) is 81.6 Å². The smallest absolute Gasteiger partial charge is 0.253 e. The summed E-state index contributed by atoms with van der Waals surface area (Å²) in [6, 6.07) is 13.9. The molecule has 0 saturated carbocycles. The Morgan fingerprint density at radius 1 is 1.03 bits per heavy atom. The third-order valence-electron chi connectivity index (χ3n) is 6.52. The van der Waals surface area contributed by atoms with Crippen LogP contribution in [0.25, 0.3) is 10.6 Å². The van der Waals surface area contributed by atoms with Crippen molar-refractivity contribution in [3.8, 4) is 10.6 Å². The number of amides is 1. The van der Waals surface area contributed by atoms with Gasteiger partial charge in [0.15, 0.2) is 0 Å². The molecule has 1 amide bonds. The first-order chi connectivity index (χ1) is 16.2. The summed E-state index contributed by atoms with van der Waals surface area (Å²) in [6.45, 7) is 4.14. The molecule has 2 aromatic heterocycles. The summed E-state index contributed by atoms with van der Waals surface area (Å²) in [7, 11) is 0. The summed E-state index contributed by atoms with van der Waals surface area (Å²) >= 11 is 1.51. The molecule has 2 aliphatic rings. The highest BCUT2D eigenvalue weighted by Gasteiger charge is 2.28. The van der Waals surface area contributed by atoms with E-state index in [1.165, 1.54) is 37.3 Å². The number of likely N-dealkylation sites (tertiary alicyclic amines) is 2. The van der Waals surface area contributed by atoms with Crippen LogP contribution in [0.2, 0.25) is 0 Å². The van der Waals surface area contributed by atoms with E-state index < -0.39 is 0 Å². The molecule has 0 unspecified atom stereocenters. The molecule has 2 saturated heterocycles. The fourth-order valence-electron chi connectivity index (χ4n) is 4.71. The molecule has 1 aromatic carbocycles. The van der Waals surface area contributed by atoms with Crippen LogP contribution in [0.1, 0.15) is 40.9 Å². The Balaban J connectivity index is 1.19. The minimum atomic E-state index is 0.0301. The van der Waals surface area contributed by atoms with Crippen molar-refractivity contribution in [2.75, 3.05) is 31.5 Å². The molecule has 8 heteroatoms. The number of carbonyl (C=O) groups is 1. The van der Waals surface area contributed by atoms with Crippen molar-refractivity contribution in [2.45, 2.75) is 38.3 Å². The Hall–Kier alpha value is -2.81. The Bertz CT molecular complexity index is 1090. The third-order valence-corrected chi connectivity index (χ3v) is 7.61. The SMILES string of the molecule is O=C(c1ccc(Nc2nccc(-c3ccc(CO)s3)n2)cc1)N1CCC(N2CCCC2)CC1. The molecular formula is C25H29N5O2S. The number of rotatable bonds is 6. The number of thiophene rings is 1. The van der Waals surface area contributed by atoms with Crippen LogP contribution in [0.3, 0.4) is 0 Å². The molecule has 0 spiro atoms. The number of hydrogen-bond acceptors (Lipinski definition) is 7. The second kappa shape index (κ2) is 9.99. The normalized spacial score (nSPS) is 17.4. The predicted molar refractivity (Wildman–Crippen MR) is 131 cm³/mol. The largest absolute Gasteiger partial charge is 0.391 e. The van der Waals surface area contributed by atoms with Crippen LogP contribution >= 0.6 is 11.3 Å². The van der Waals surface area contributed by atoms with Crippen molar-refractivity contribution in [3.05, 3.63) is 59.1 Å². The van der Waals surface area contributed by atoms with Crippen LogP contribution in [0, 0.1) is 0 Å². The maximum absolute atomic E-state index is 13.0. The Morgan fingerprint density at radius 3 is 2.48 bits per heavy atom. The van der Waals surface area contributed by atoms with E-state index in [0.717, 1.165) is 47.1 Å². The summed E-state index contributed by atoms with van der Waals surface area (Å²) in [5.74, 6) is 0.603. The summed E-state index contributed by atoms with van der Waals surface area (Å²) in [4.78, 5) is 28.3. The molecule has 172 valence electrons. The lowest BCUT2D eigenvalue weighted by molar-refractivity contribution is 0.0644. The molecule has 0 aliphatic carbocycles. The average molecular weight is 464 g/mol. The molecule has 2 N–H and O–H groups in total. The molecule has 0 radical (unpaired) electrons. The van der Waals surface area contributed by atoms with Crippen molar-refractivity contribution in [1.29, 1.82) is 0 Å². The van der Waals surface area contributed by atoms with E-state index in [0.29, 0.717) is 17.6 Å². The lowest BCUT2D eigenvalue weighted by Crippen LogP contribution is -2.45. The third kappa shape index (κ3) is 5.08. The molecule has 2 aliphatic heterocycles. The molecule has 3 aromatic rings. The minimum Gasteiger partial charge on any atom is -0.391 e. The van der Waals surface area contributed by atoms with Crippen LogP contribution in [0.5, 0.6) is 0 Å². The van der Waals surface area contributed by atoms with E-state index in [-0.39, 0.29) is 12.5 Å². The first-order valence-corrected chi connectivity index (χ1v) is 12.4. The van der Waals surface area contributed by atoms with Gasteiger partial charge in [-0.05, 0) is 81.2 Å². The van der Waals surface area contributed by atoms with Crippen molar-refractivity contribution in [1.82, 2.24) is 19.8 Å². The zero-order valence-corrected chi connectivity index (χ0v) is 19.4. The highest BCUT2D eigenvalue weighted by Crippen LogP contribution is 2.28. The van der Waals surface area contributed by atoms with Gasteiger partial charge >= 0.3 is 0 Å². The molecule has 4 heterocycles. The number of aromatic nitrogens is 2. The average Bonchev–Trinajstić information content (AvgIpc) is 3.57. The summed E-state index contributed by atoms with van der Waals surface area (Å²) in [5, 5.41) is 12.5. The number of carbonyl (C=O) groups excluding carboxylic acids is 1. The highest BCUT2D eigenvalue weighted by atomic mass is 32.1. The molecule has 2 fully saturated rings. The van der Waals surface area contributed by atoms with Crippen LogP contribution in [-0.2, 0) is 6.61 Å². The Morgan fingerprint density at radius 2 is 1.79 bits per heavy atom. The summed E-state index contributed by atoms with van der Waals surface area (Å²) in [6.07, 6.45) is 6.49. The predicted octanol–water partition coefficient (Wildman–Crippen LogP) is 4.14. The number of piperidine rings is 1. The van der Waals surface area contributed by atoms with Crippen LogP contribution in [-0.4, -0.2) is 63.0 Å². The number of hydrogen-bond donors (Lipinski definition) is 2. The zero-order chi connectivity index (χ0) is 22.6. The van der Waals surface area contributed by atoms with E-state index in [9.17, 15) is 9.90 Å². The van der Waals surface area contributed by atoms with Gasteiger partial charge in [-0.2, -0.15) is 0 Å². The van der Waals surface area contributed by atoms with Gasteiger partial charge in [-0.25, -0.2) is 9.97 Å². The van der Waals surface area contributed by atoms with E-state index in [2.05, 4.69) is 20.2 Å². The Kier molecular flexibility index (Phi) is 6.66. The van der Waals surface area contributed by atoms with Crippen LogP contribution in [0.4, 0.5) is 11.6 Å². The van der Waals surface area contributed by atoms with E-state index in [4.69, 9.17) is 0 Å². The first kappa shape index (κ1) is 22.0. The fraction of sp³-hybridized carbons (Fsp3) is 0.400. The van der Waals surface area contributed by atoms with E-state index in [1.54, 1.807) is 6.20 Å². The van der Waals surface area contributed by atoms with Gasteiger partial charge in [-0.15, -0.1) is 11.3 Å². The maximum atomic E-state index is 13.0. The van der Waals surface area contributed by atoms with Gasteiger partial charge in [0.1, 0.15) is 0 Å². The van der Waals surface area contributed by atoms with E-state index in [1.807, 2.05) is 47.4 Å². The van der Waals surface area contributed by atoms with Crippen molar-refractivity contribution < 1.29 is 9.90 Å². The molecular weight excluding hydrogens is 434 g/mol. The number of anilines is 2. The fourth-order valence-corrected chi connectivity index (χ4v) is 5.54. The molecule has 0 atom stereocenters. The van der Waals surface area contributed by atoms with Gasteiger partial charge in [0.25, 0.3) is 5.91 Å². The standard InChI is InChI=1S/C25H29N5O2S/c31-17-21-7-8-23(33-21)22-9-12-26-25(28-22)27-19-5-3-18(4-6-19)24(32)30-15-10-20(11-16-30)29-13-1-2-14-29/h3-9,12,20,31H,1-2,10-11,13-17H2,(H,26,27,28). The second-order valence-corrected chi connectivity index (χ2v) is 9.83. The zero-order valence-electron chi connectivity index (χ0n) is 18.6. The summed E-state index contributed by atoms with van der Waals surface area (Å²) < 4.78 is 0. The quantitative estimate of drug-likeness (QED) is 0.572. The van der Waals surface area contributed by atoms with Crippen molar-refractivity contribution in [2.24, 2.45) is 0 Å². The molecule has 5 rings (SSSR count). The van der Waals surface area contributed by atoms with Gasteiger partial charge < -0.3 is 20.2 Å². The van der Waals surface area contributed by atoms with E-state index >= 15 is 0 Å². The number of aliphatic hydroxyl groups excluding tert-OH is 1. The molecule has 0 bridgehead atoms. The number of nitrogens with zero attached hydrogens (tertiary/aromatic N) is 4. The van der Waals surface area contributed by atoms with Gasteiger partial charge in [-0.1, -0.05) is 0 Å².